The van der Waals surface area contributed by atoms with Gasteiger partial charge < -0.3 is 30.7 Å². The van der Waals surface area contributed by atoms with Crippen LogP contribution in [0.4, 0.5) is 28.8 Å². The maximum atomic E-state index is 12.1. The Morgan fingerprint density at radius 2 is 1.94 bits per heavy atom. The Labute approximate surface area is 209 Å². The molecule has 1 amide bonds. The van der Waals surface area contributed by atoms with Crippen LogP contribution in [0.3, 0.4) is 0 Å². The molecule has 186 valence electrons. The van der Waals surface area contributed by atoms with Gasteiger partial charge in [0.25, 0.3) is 5.91 Å². The number of nitrogens with one attached hydrogen (secondary N) is 2. The van der Waals surface area contributed by atoms with Crippen molar-refractivity contribution in [3.8, 4) is 5.75 Å². The Hall–Kier alpha value is -4.44. The van der Waals surface area contributed by atoms with Gasteiger partial charge in [-0.3, -0.25) is 9.59 Å². The molecule has 1 aliphatic rings. The lowest BCUT2D eigenvalue weighted by atomic mass is 10.1. The number of benzene rings is 2. The van der Waals surface area contributed by atoms with Gasteiger partial charge in [-0.1, -0.05) is 24.8 Å². The highest BCUT2D eigenvalue weighted by Crippen LogP contribution is 2.32. The van der Waals surface area contributed by atoms with Gasteiger partial charge in [-0.05, 0) is 29.8 Å². The number of aromatic nitrogens is 2. The highest BCUT2D eigenvalue weighted by Gasteiger charge is 2.17. The number of amides is 1. The molecule has 0 aliphatic carbocycles. The number of nitrogens with zero attached hydrogens (tertiary/aromatic N) is 3. The number of para-hydroxylation sites is 1. The highest BCUT2D eigenvalue weighted by molar-refractivity contribution is 5.98. The van der Waals surface area contributed by atoms with E-state index in [4.69, 9.17) is 15.2 Å². The smallest absolute Gasteiger partial charge is 0.254 e. The van der Waals surface area contributed by atoms with E-state index in [-0.39, 0.29) is 29.5 Å². The molecule has 0 spiro atoms. The minimum absolute atomic E-state index is 0.111. The Morgan fingerprint density at radius 1 is 1.17 bits per heavy atom. The van der Waals surface area contributed by atoms with E-state index in [0.29, 0.717) is 30.3 Å². The van der Waals surface area contributed by atoms with Crippen molar-refractivity contribution in [3.05, 3.63) is 72.4 Å². The van der Waals surface area contributed by atoms with E-state index in [1.54, 1.807) is 13.2 Å². The van der Waals surface area contributed by atoms with Crippen molar-refractivity contribution in [1.82, 2.24) is 9.97 Å². The van der Waals surface area contributed by atoms with Crippen LogP contribution in [0.25, 0.3) is 0 Å². The zero-order chi connectivity index (χ0) is 25.5. The maximum absolute atomic E-state index is 12.1. The molecule has 10 nitrogen and oxygen atoms in total. The van der Waals surface area contributed by atoms with Crippen molar-refractivity contribution in [3.63, 3.8) is 0 Å². The summed E-state index contributed by atoms with van der Waals surface area (Å²) in [4.78, 5) is 35.0. The molecule has 3 aromatic rings. The van der Waals surface area contributed by atoms with E-state index < -0.39 is 5.91 Å². The predicted octanol–water partition coefficient (Wildman–Crippen LogP) is 3.21. The number of primary amides is 1. The summed E-state index contributed by atoms with van der Waals surface area (Å²) in [6, 6.07) is 13.1. The van der Waals surface area contributed by atoms with Crippen molar-refractivity contribution >= 4 is 40.5 Å². The van der Waals surface area contributed by atoms with Gasteiger partial charge in [-0.15, -0.1) is 0 Å². The van der Waals surface area contributed by atoms with Crippen LogP contribution in [0.15, 0.2) is 61.3 Å². The standard InChI is InChI=1S/C26H28N6O4/c1-3-19(33)14-17-6-4-5-7-21(17)29-25-20(24(27)34)16-28-26(31-25)30-22-9-8-18(15-23(22)35-2)32-10-12-36-13-11-32/h3-9,15-16H,1,10-14H2,2H3,(H2,27,34)(H2,28,29,30,31). The van der Waals surface area contributed by atoms with Gasteiger partial charge in [0.05, 0.1) is 26.0 Å². The van der Waals surface area contributed by atoms with E-state index >= 15 is 0 Å². The molecule has 0 bridgehead atoms. The first-order chi connectivity index (χ1) is 17.5. The number of methoxy groups -OCH3 is 1. The molecule has 1 aliphatic heterocycles. The minimum Gasteiger partial charge on any atom is -0.494 e. The second kappa shape index (κ2) is 11.3. The Kier molecular flexibility index (Phi) is 7.76. The SMILES string of the molecule is C=CC(=O)Cc1ccccc1Nc1nc(Nc2ccc(N3CCOCC3)cc2OC)ncc1C(N)=O. The first kappa shape index (κ1) is 24.7. The number of rotatable bonds is 10. The number of hydrogen-bond donors (Lipinski definition) is 3. The summed E-state index contributed by atoms with van der Waals surface area (Å²) in [5.74, 6) is 0.250. The highest BCUT2D eigenvalue weighted by atomic mass is 16.5. The topological polar surface area (TPSA) is 132 Å². The van der Waals surface area contributed by atoms with Gasteiger partial charge in [0.1, 0.15) is 17.1 Å². The van der Waals surface area contributed by atoms with E-state index in [1.165, 1.54) is 12.3 Å². The maximum Gasteiger partial charge on any atom is 0.254 e. The summed E-state index contributed by atoms with van der Waals surface area (Å²) < 4.78 is 11.0. The molecular formula is C26H28N6O4. The average molecular weight is 489 g/mol. The van der Waals surface area contributed by atoms with Crippen LogP contribution in [-0.2, 0) is 16.0 Å². The van der Waals surface area contributed by atoms with Gasteiger partial charge in [0.15, 0.2) is 5.78 Å². The zero-order valence-corrected chi connectivity index (χ0v) is 20.0. The summed E-state index contributed by atoms with van der Waals surface area (Å²) in [6.45, 7) is 6.51. The molecule has 0 radical (unpaired) electrons. The van der Waals surface area contributed by atoms with E-state index in [1.807, 2.05) is 36.4 Å². The molecule has 1 saturated heterocycles. The molecule has 1 aromatic heterocycles. The van der Waals surface area contributed by atoms with Gasteiger partial charge in [-0.25, -0.2) is 4.98 Å². The van der Waals surface area contributed by atoms with Gasteiger partial charge in [0, 0.05) is 43.1 Å². The Balaban J connectivity index is 1.61. The molecule has 4 rings (SSSR count). The van der Waals surface area contributed by atoms with Crippen LogP contribution in [0.2, 0.25) is 0 Å². The lowest BCUT2D eigenvalue weighted by Crippen LogP contribution is -2.36. The zero-order valence-electron chi connectivity index (χ0n) is 20.0. The normalized spacial score (nSPS) is 13.1. The molecule has 2 heterocycles. The number of allylic oxidation sites excluding steroid dienone is 1. The lowest BCUT2D eigenvalue weighted by molar-refractivity contribution is -0.114. The fourth-order valence-corrected chi connectivity index (χ4v) is 3.82. The van der Waals surface area contributed by atoms with Crippen molar-refractivity contribution in [2.45, 2.75) is 6.42 Å². The lowest BCUT2D eigenvalue weighted by Gasteiger charge is -2.29. The second-order valence-corrected chi connectivity index (χ2v) is 8.06. The summed E-state index contributed by atoms with van der Waals surface area (Å²) in [7, 11) is 1.59. The summed E-state index contributed by atoms with van der Waals surface area (Å²) in [6.07, 6.45) is 2.78. The Morgan fingerprint density at radius 3 is 2.67 bits per heavy atom. The molecule has 1 fully saturated rings. The molecule has 0 unspecified atom stereocenters. The number of carbonyl (C=O) groups is 2. The van der Waals surface area contributed by atoms with Crippen molar-refractivity contribution in [2.75, 3.05) is 48.9 Å². The molecular weight excluding hydrogens is 460 g/mol. The van der Waals surface area contributed by atoms with Crippen molar-refractivity contribution in [1.29, 1.82) is 0 Å². The van der Waals surface area contributed by atoms with Crippen LogP contribution in [0, 0.1) is 0 Å². The van der Waals surface area contributed by atoms with Crippen LogP contribution >= 0.6 is 0 Å². The minimum atomic E-state index is -0.684. The third kappa shape index (κ3) is 5.78. The van der Waals surface area contributed by atoms with Crippen LogP contribution < -0.4 is 26.0 Å². The molecule has 10 heteroatoms. The average Bonchev–Trinajstić information content (AvgIpc) is 2.90. The number of nitrogens with two attached hydrogens (primary N) is 1. The largest absolute Gasteiger partial charge is 0.494 e. The van der Waals surface area contributed by atoms with E-state index in [0.717, 1.165) is 24.3 Å². The molecule has 4 N–H and O–H groups in total. The van der Waals surface area contributed by atoms with Crippen molar-refractivity contribution < 1.29 is 19.1 Å². The van der Waals surface area contributed by atoms with Crippen LogP contribution in [-0.4, -0.2) is 55.1 Å². The number of morpholine rings is 1. The van der Waals surface area contributed by atoms with Crippen LogP contribution in [0.1, 0.15) is 15.9 Å². The number of ether oxygens (including phenoxy) is 2. The fourth-order valence-electron chi connectivity index (χ4n) is 3.82. The molecule has 0 atom stereocenters. The third-order valence-corrected chi connectivity index (χ3v) is 5.72. The summed E-state index contributed by atoms with van der Waals surface area (Å²) in [5.41, 5.74) is 8.70. The second-order valence-electron chi connectivity index (χ2n) is 8.06. The quantitative estimate of drug-likeness (QED) is 0.368. The molecule has 2 aromatic carbocycles. The first-order valence-corrected chi connectivity index (χ1v) is 11.4. The third-order valence-electron chi connectivity index (χ3n) is 5.72. The summed E-state index contributed by atoms with van der Waals surface area (Å²) in [5, 5.41) is 6.28. The predicted molar refractivity (Wildman–Crippen MR) is 138 cm³/mol. The summed E-state index contributed by atoms with van der Waals surface area (Å²) >= 11 is 0. The van der Waals surface area contributed by atoms with Crippen LogP contribution in [0.5, 0.6) is 5.75 Å². The van der Waals surface area contributed by atoms with Gasteiger partial charge >= 0.3 is 0 Å². The van der Waals surface area contributed by atoms with Gasteiger partial charge in [0.2, 0.25) is 5.95 Å². The van der Waals surface area contributed by atoms with Gasteiger partial charge in [-0.2, -0.15) is 4.98 Å². The monoisotopic (exact) mass is 488 g/mol. The van der Waals surface area contributed by atoms with Crippen molar-refractivity contribution in [2.24, 2.45) is 5.73 Å². The Bertz CT molecular complexity index is 1270. The number of carbonyl (C=O) groups excluding carboxylic acids is 2. The van der Waals surface area contributed by atoms with E-state index in [2.05, 4.69) is 32.1 Å². The number of anilines is 5. The fraction of sp³-hybridized carbons (Fsp3) is 0.231. The number of ketones is 1. The number of hydrogen-bond acceptors (Lipinski definition) is 9. The molecule has 0 saturated carbocycles. The van der Waals surface area contributed by atoms with E-state index in [9.17, 15) is 9.59 Å². The molecule has 36 heavy (non-hydrogen) atoms. The first-order valence-electron chi connectivity index (χ1n) is 11.4.